The molecule has 1 aromatic heterocycles. The number of ether oxygens (including phenoxy) is 2. The lowest BCUT2D eigenvalue weighted by Gasteiger charge is -2.14. The van der Waals surface area contributed by atoms with Gasteiger partial charge >= 0.3 is 0 Å². The number of rotatable bonds is 7. The number of halogens is 1. The molecular formula is C21H23IN2O2S. The van der Waals surface area contributed by atoms with Gasteiger partial charge in [-0.25, -0.2) is 4.99 Å². The van der Waals surface area contributed by atoms with Crippen molar-refractivity contribution in [1.29, 1.82) is 5.26 Å². The number of aryl methyl sites for hydroxylation is 1. The van der Waals surface area contributed by atoms with E-state index in [0.29, 0.717) is 13.2 Å². The first-order chi connectivity index (χ1) is 13.2. The van der Waals surface area contributed by atoms with Crippen molar-refractivity contribution in [2.45, 2.75) is 46.0 Å². The minimum atomic E-state index is 0.579. The monoisotopic (exact) mass is 494 g/mol. The second kappa shape index (κ2) is 9.56. The van der Waals surface area contributed by atoms with Crippen LogP contribution in [0.3, 0.4) is 0 Å². The van der Waals surface area contributed by atoms with E-state index >= 15 is 0 Å². The number of hydrogen-bond donors (Lipinski definition) is 0. The van der Waals surface area contributed by atoms with Crippen LogP contribution in [0.5, 0.6) is 11.5 Å². The zero-order valence-corrected chi connectivity index (χ0v) is 18.7. The van der Waals surface area contributed by atoms with Crippen molar-refractivity contribution in [3.63, 3.8) is 0 Å². The topological polar surface area (TPSA) is 54.6 Å². The van der Waals surface area contributed by atoms with Gasteiger partial charge < -0.3 is 9.47 Å². The first-order valence-corrected chi connectivity index (χ1v) is 11.2. The van der Waals surface area contributed by atoms with Crippen molar-refractivity contribution in [2.24, 2.45) is 4.99 Å². The normalized spacial score (nSPS) is 13.4. The summed E-state index contributed by atoms with van der Waals surface area (Å²) in [5, 5.41) is 10.4. The third-order valence-corrected chi connectivity index (χ3v) is 6.38. The molecular weight excluding hydrogens is 471 g/mol. The standard InChI is InChI=1S/C21H23IN2O2S/c1-3-9-26-20-17(22)10-14(11-18(20)25-4-2)13-24-21-16(12-23)15-7-5-6-8-19(15)27-21/h10-11,13H,3-9H2,1-2H3. The van der Waals surface area contributed by atoms with Crippen molar-refractivity contribution in [3.8, 4) is 17.6 Å². The molecule has 0 bridgehead atoms. The van der Waals surface area contributed by atoms with Crippen LogP contribution in [0.2, 0.25) is 0 Å². The summed E-state index contributed by atoms with van der Waals surface area (Å²) in [6.07, 6.45) is 7.21. The fourth-order valence-corrected chi connectivity index (χ4v) is 5.12. The maximum Gasteiger partial charge on any atom is 0.174 e. The Balaban J connectivity index is 1.91. The maximum atomic E-state index is 9.58. The number of thiophene rings is 1. The number of nitrogens with zero attached hydrogens (tertiary/aromatic N) is 2. The van der Waals surface area contributed by atoms with Gasteiger partial charge in [-0.1, -0.05) is 6.92 Å². The number of aliphatic imine (C=N–C) groups is 1. The number of hydrogen-bond acceptors (Lipinski definition) is 5. The van der Waals surface area contributed by atoms with Gasteiger partial charge in [0.2, 0.25) is 0 Å². The molecule has 0 fully saturated rings. The van der Waals surface area contributed by atoms with E-state index < -0.39 is 0 Å². The predicted octanol–water partition coefficient (Wildman–Crippen LogP) is 6.04. The fraction of sp³-hybridized carbons (Fsp3) is 0.429. The minimum Gasteiger partial charge on any atom is -0.490 e. The van der Waals surface area contributed by atoms with E-state index in [2.05, 4.69) is 40.6 Å². The summed E-state index contributed by atoms with van der Waals surface area (Å²) in [5.41, 5.74) is 2.92. The van der Waals surface area contributed by atoms with Gasteiger partial charge in [0.25, 0.3) is 0 Å². The van der Waals surface area contributed by atoms with Crippen molar-refractivity contribution in [1.82, 2.24) is 0 Å². The smallest absolute Gasteiger partial charge is 0.174 e. The fourth-order valence-electron chi connectivity index (χ4n) is 3.16. The molecule has 0 unspecified atom stereocenters. The van der Waals surface area contributed by atoms with E-state index in [-0.39, 0.29) is 0 Å². The second-order valence-corrected chi connectivity index (χ2v) is 8.62. The molecule has 0 saturated carbocycles. The first kappa shape index (κ1) is 20.2. The van der Waals surface area contributed by atoms with Gasteiger partial charge in [-0.15, -0.1) is 11.3 Å². The zero-order chi connectivity index (χ0) is 19.2. The molecule has 0 spiro atoms. The Morgan fingerprint density at radius 1 is 1.26 bits per heavy atom. The Kier molecular flexibility index (Phi) is 7.13. The SMILES string of the molecule is CCCOc1c(I)cc(C=Nc2sc3c(c2C#N)CCCC3)cc1OCC. The molecule has 0 radical (unpaired) electrons. The summed E-state index contributed by atoms with van der Waals surface area (Å²) >= 11 is 3.93. The number of fused-ring (bicyclic) bond motifs is 1. The Labute approximate surface area is 178 Å². The van der Waals surface area contributed by atoms with Crippen LogP contribution < -0.4 is 9.47 Å². The van der Waals surface area contributed by atoms with Gasteiger partial charge in [0.15, 0.2) is 11.5 Å². The van der Waals surface area contributed by atoms with Crippen LogP contribution in [-0.2, 0) is 12.8 Å². The Hall–Kier alpha value is -1.59. The zero-order valence-electron chi connectivity index (χ0n) is 15.7. The summed E-state index contributed by atoms with van der Waals surface area (Å²) in [7, 11) is 0. The highest BCUT2D eigenvalue weighted by Gasteiger charge is 2.20. The molecule has 2 aromatic rings. The highest BCUT2D eigenvalue weighted by molar-refractivity contribution is 14.1. The lowest BCUT2D eigenvalue weighted by molar-refractivity contribution is 0.275. The van der Waals surface area contributed by atoms with E-state index in [4.69, 9.17) is 9.47 Å². The van der Waals surface area contributed by atoms with Crippen molar-refractivity contribution >= 4 is 45.1 Å². The molecule has 1 aliphatic rings. The van der Waals surface area contributed by atoms with Crippen molar-refractivity contribution in [2.75, 3.05) is 13.2 Å². The van der Waals surface area contributed by atoms with E-state index in [1.54, 1.807) is 11.3 Å². The second-order valence-electron chi connectivity index (χ2n) is 6.37. The van der Waals surface area contributed by atoms with Crippen LogP contribution in [0.1, 0.15) is 54.7 Å². The third kappa shape index (κ3) is 4.64. The van der Waals surface area contributed by atoms with Crippen LogP contribution in [0.15, 0.2) is 17.1 Å². The van der Waals surface area contributed by atoms with Gasteiger partial charge in [-0.2, -0.15) is 5.26 Å². The van der Waals surface area contributed by atoms with Gasteiger partial charge in [0.1, 0.15) is 11.1 Å². The molecule has 4 nitrogen and oxygen atoms in total. The molecule has 0 saturated heterocycles. The third-order valence-electron chi connectivity index (χ3n) is 4.38. The highest BCUT2D eigenvalue weighted by Crippen LogP contribution is 2.39. The first-order valence-electron chi connectivity index (χ1n) is 9.35. The Morgan fingerprint density at radius 3 is 2.81 bits per heavy atom. The lowest BCUT2D eigenvalue weighted by atomic mass is 9.96. The van der Waals surface area contributed by atoms with Crippen molar-refractivity contribution < 1.29 is 9.47 Å². The molecule has 1 aliphatic carbocycles. The predicted molar refractivity (Wildman–Crippen MR) is 119 cm³/mol. The largest absolute Gasteiger partial charge is 0.490 e. The number of benzene rings is 1. The summed E-state index contributed by atoms with van der Waals surface area (Å²) in [4.78, 5) is 5.99. The van der Waals surface area contributed by atoms with Crippen LogP contribution in [0.25, 0.3) is 0 Å². The average molecular weight is 494 g/mol. The summed E-state index contributed by atoms with van der Waals surface area (Å²) in [6.45, 7) is 5.29. The summed E-state index contributed by atoms with van der Waals surface area (Å²) in [6, 6.07) is 6.36. The average Bonchev–Trinajstić information content (AvgIpc) is 3.03. The number of nitriles is 1. The molecule has 142 valence electrons. The van der Waals surface area contributed by atoms with Crippen molar-refractivity contribution in [3.05, 3.63) is 37.3 Å². The van der Waals surface area contributed by atoms with Gasteiger partial charge in [0.05, 0.1) is 22.3 Å². The Morgan fingerprint density at radius 2 is 2.07 bits per heavy atom. The summed E-state index contributed by atoms with van der Waals surface area (Å²) in [5.74, 6) is 1.53. The molecule has 0 amide bonds. The minimum absolute atomic E-state index is 0.579. The molecule has 0 aliphatic heterocycles. The van der Waals surface area contributed by atoms with E-state index in [9.17, 15) is 5.26 Å². The van der Waals surface area contributed by atoms with Gasteiger partial charge in [-0.3, -0.25) is 0 Å². The molecule has 3 rings (SSSR count). The molecule has 0 N–H and O–H groups in total. The molecule has 6 heteroatoms. The lowest BCUT2D eigenvalue weighted by Crippen LogP contribution is -2.02. The van der Waals surface area contributed by atoms with Gasteiger partial charge in [0, 0.05) is 11.1 Å². The van der Waals surface area contributed by atoms with E-state index in [0.717, 1.165) is 56.9 Å². The molecule has 1 heterocycles. The quantitative estimate of drug-likeness (QED) is 0.348. The van der Waals surface area contributed by atoms with Gasteiger partial charge in [-0.05, 0) is 84.9 Å². The van der Waals surface area contributed by atoms with Crippen LogP contribution in [0.4, 0.5) is 5.00 Å². The molecule has 0 atom stereocenters. The van der Waals surface area contributed by atoms with E-state index in [1.165, 1.54) is 16.9 Å². The summed E-state index contributed by atoms with van der Waals surface area (Å²) < 4.78 is 12.6. The Bertz CT molecular complexity index is 883. The molecule has 27 heavy (non-hydrogen) atoms. The maximum absolute atomic E-state index is 9.58. The van der Waals surface area contributed by atoms with Crippen LogP contribution in [0, 0.1) is 14.9 Å². The molecule has 1 aromatic carbocycles. The van der Waals surface area contributed by atoms with Crippen LogP contribution in [-0.4, -0.2) is 19.4 Å². The van der Waals surface area contributed by atoms with E-state index in [1.807, 2.05) is 25.3 Å². The van der Waals surface area contributed by atoms with Crippen LogP contribution >= 0.6 is 33.9 Å². The highest BCUT2D eigenvalue weighted by atomic mass is 127.